The number of aromatic nitrogens is 2. The first-order chi connectivity index (χ1) is 11.0. The van der Waals surface area contributed by atoms with Crippen molar-refractivity contribution in [3.63, 3.8) is 0 Å². The molecule has 116 valence electrons. The SMILES string of the molecule is Cc1cnn(-c2ccc(C(=O)Nc3ccc(I)cc3C)cc2)c1. The zero-order valence-corrected chi connectivity index (χ0v) is 15.0. The zero-order chi connectivity index (χ0) is 16.4. The lowest BCUT2D eigenvalue weighted by Gasteiger charge is -2.09. The molecule has 0 saturated heterocycles. The van der Waals surface area contributed by atoms with Gasteiger partial charge in [0.25, 0.3) is 5.91 Å². The minimum Gasteiger partial charge on any atom is -0.322 e. The lowest BCUT2D eigenvalue weighted by molar-refractivity contribution is 0.102. The van der Waals surface area contributed by atoms with Crippen LogP contribution in [0.3, 0.4) is 0 Å². The average Bonchev–Trinajstić information content (AvgIpc) is 2.97. The summed E-state index contributed by atoms with van der Waals surface area (Å²) >= 11 is 2.26. The van der Waals surface area contributed by atoms with Crippen LogP contribution in [0.5, 0.6) is 0 Å². The Balaban J connectivity index is 1.77. The van der Waals surface area contributed by atoms with E-state index in [-0.39, 0.29) is 5.91 Å². The number of benzene rings is 2. The molecule has 1 aromatic heterocycles. The molecule has 0 aliphatic carbocycles. The van der Waals surface area contributed by atoms with Crippen LogP contribution in [0.25, 0.3) is 5.69 Å². The van der Waals surface area contributed by atoms with Gasteiger partial charge >= 0.3 is 0 Å². The highest BCUT2D eigenvalue weighted by Crippen LogP contribution is 2.19. The third-order valence-electron chi connectivity index (χ3n) is 3.54. The number of hydrogen-bond donors (Lipinski definition) is 1. The molecule has 2 aromatic carbocycles. The van der Waals surface area contributed by atoms with Gasteiger partial charge in [-0.2, -0.15) is 5.10 Å². The number of amides is 1. The van der Waals surface area contributed by atoms with Gasteiger partial charge in [-0.15, -0.1) is 0 Å². The molecule has 0 aliphatic heterocycles. The van der Waals surface area contributed by atoms with Crippen molar-refractivity contribution in [3.8, 4) is 5.69 Å². The summed E-state index contributed by atoms with van der Waals surface area (Å²) in [7, 11) is 0. The van der Waals surface area contributed by atoms with Crippen molar-refractivity contribution >= 4 is 34.2 Å². The molecule has 1 heterocycles. The first-order valence-corrected chi connectivity index (χ1v) is 8.30. The Morgan fingerprint density at radius 3 is 2.48 bits per heavy atom. The summed E-state index contributed by atoms with van der Waals surface area (Å²) in [6.07, 6.45) is 3.75. The minimum atomic E-state index is -0.113. The van der Waals surface area contributed by atoms with Crippen LogP contribution in [0, 0.1) is 17.4 Å². The van der Waals surface area contributed by atoms with Crippen molar-refractivity contribution in [2.24, 2.45) is 0 Å². The second-order valence-electron chi connectivity index (χ2n) is 5.42. The van der Waals surface area contributed by atoms with E-state index in [0.29, 0.717) is 5.56 Å². The second kappa shape index (κ2) is 6.54. The molecule has 0 spiro atoms. The number of nitrogens with zero attached hydrogens (tertiary/aromatic N) is 2. The Hall–Kier alpha value is -2.15. The average molecular weight is 417 g/mol. The topological polar surface area (TPSA) is 46.9 Å². The summed E-state index contributed by atoms with van der Waals surface area (Å²) < 4.78 is 2.94. The molecule has 0 radical (unpaired) electrons. The third kappa shape index (κ3) is 3.61. The quantitative estimate of drug-likeness (QED) is 0.645. The summed E-state index contributed by atoms with van der Waals surface area (Å²) in [5.74, 6) is -0.113. The fourth-order valence-corrected chi connectivity index (χ4v) is 2.93. The summed E-state index contributed by atoms with van der Waals surface area (Å²) in [6, 6.07) is 13.3. The molecule has 5 heteroatoms. The van der Waals surface area contributed by atoms with Crippen molar-refractivity contribution in [1.82, 2.24) is 9.78 Å². The maximum absolute atomic E-state index is 12.4. The number of nitrogens with one attached hydrogen (secondary N) is 1. The normalized spacial score (nSPS) is 10.6. The van der Waals surface area contributed by atoms with Crippen LogP contribution in [-0.2, 0) is 0 Å². The smallest absolute Gasteiger partial charge is 0.255 e. The molecule has 23 heavy (non-hydrogen) atoms. The molecule has 0 aliphatic rings. The highest BCUT2D eigenvalue weighted by Gasteiger charge is 2.08. The maximum Gasteiger partial charge on any atom is 0.255 e. The Kier molecular flexibility index (Phi) is 4.47. The predicted molar refractivity (Wildman–Crippen MR) is 100 cm³/mol. The fraction of sp³-hybridized carbons (Fsp3) is 0.111. The standard InChI is InChI=1S/C18H16IN3O/c1-12-10-20-22(11-12)16-6-3-14(4-7-16)18(23)21-17-8-5-15(19)9-13(17)2/h3-11H,1-2H3,(H,21,23). The van der Waals surface area contributed by atoms with E-state index in [9.17, 15) is 4.79 Å². The number of carbonyl (C=O) groups is 1. The lowest BCUT2D eigenvalue weighted by atomic mass is 10.1. The van der Waals surface area contributed by atoms with Gasteiger partial charge in [0.05, 0.1) is 11.9 Å². The van der Waals surface area contributed by atoms with Gasteiger partial charge in [0.1, 0.15) is 0 Å². The summed E-state index contributed by atoms with van der Waals surface area (Å²) in [5.41, 5.74) is 4.53. The molecule has 0 fully saturated rings. The molecule has 1 amide bonds. The van der Waals surface area contributed by atoms with Gasteiger partial charge < -0.3 is 5.32 Å². The van der Waals surface area contributed by atoms with Gasteiger partial charge in [-0.05, 0) is 90.0 Å². The third-order valence-corrected chi connectivity index (χ3v) is 4.21. The van der Waals surface area contributed by atoms with Gasteiger partial charge in [0.2, 0.25) is 0 Å². The van der Waals surface area contributed by atoms with E-state index in [2.05, 4.69) is 33.0 Å². The van der Waals surface area contributed by atoms with E-state index in [1.807, 2.05) is 62.5 Å². The van der Waals surface area contributed by atoms with Crippen molar-refractivity contribution in [2.75, 3.05) is 5.32 Å². The van der Waals surface area contributed by atoms with E-state index in [0.717, 1.165) is 26.1 Å². The number of carbonyl (C=O) groups excluding carboxylic acids is 1. The highest BCUT2D eigenvalue weighted by atomic mass is 127. The Morgan fingerprint density at radius 2 is 1.87 bits per heavy atom. The van der Waals surface area contributed by atoms with Gasteiger partial charge in [-0.3, -0.25) is 4.79 Å². The Bertz CT molecular complexity index is 853. The van der Waals surface area contributed by atoms with Gasteiger partial charge in [-0.25, -0.2) is 4.68 Å². The van der Waals surface area contributed by atoms with E-state index in [4.69, 9.17) is 0 Å². The summed E-state index contributed by atoms with van der Waals surface area (Å²) in [6.45, 7) is 3.98. The van der Waals surface area contributed by atoms with Crippen LogP contribution >= 0.6 is 22.6 Å². The highest BCUT2D eigenvalue weighted by molar-refractivity contribution is 14.1. The van der Waals surface area contributed by atoms with Crippen LogP contribution in [0.2, 0.25) is 0 Å². The number of hydrogen-bond acceptors (Lipinski definition) is 2. The number of halogens is 1. The maximum atomic E-state index is 12.4. The van der Waals surface area contributed by atoms with E-state index >= 15 is 0 Å². The van der Waals surface area contributed by atoms with E-state index in [1.54, 1.807) is 10.9 Å². The molecule has 3 rings (SSSR count). The van der Waals surface area contributed by atoms with Crippen molar-refractivity contribution in [2.45, 2.75) is 13.8 Å². The molecular formula is C18H16IN3O. The zero-order valence-electron chi connectivity index (χ0n) is 12.9. The van der Waals surface area contributed by atoms with Crippen molar-refractivity contribution < 1.29 is 4.79 Å². The first-order valence-electron chi connectivity index (χ1n) is 7.22. The van der Waals surface area contributed by atoms with Gasteiger partial charge in [0, 0.05) is 21.0 Å². The molecule has 0 bridgehead atoms. The second-order valence-corrected chi connectivity index (χ2v) is 6.67. The van der Waals surface area contributed by atoms with Crippen LogP contribution in [-0.4, -0.2) is 15.7 Å². The number of rotatable bonds is 3. The molecule has 3 aromatic rings. The van der Waals surface area contributed by atoms with Gasteiger partial charge in [-0.1, -0.05) is 0 Å². The summed E-state index contributed by atoms with van der Waals surface area (Å²) in [5, 5.41) is 7.22. The monoisotopic (exact) mass is 417 g/mol. The number of anilines is 1. The Labute approximate surface area is 148 Å². The first kappa shape index (κ1) is 15.7. The predicted octanol–water partition coefficient (Wildman–Crippen LogP) is 4.35. The van der Waals surface area contributed by atoms with Crippen molar-refractivity contribution in [1.29, 1.82) is 0 Å². The fourth-order valence-electron chi connectivity index (χ4n) is 2.28. The molecular weight excluding hydrogens is 401 g/mol. The van der Waals surface area contributed by atoms with Crippen LogP contribution in [0.4, 0.5) is 5.69 Å². The minimum absolute atomic E-state index is 0.113. The van der Waals surface area contributed by atoms with Crippen molar-refractivity contribution in [3.05, 3.63) is 75.1 Å². The van der Waals surface area contributed by atoms with Gasteiger partial charge in [0.15, 0.2) is 0 Å². The van der Waals surface area contributed by atoms with Crippen LogP contribution in [0.1, 0.15) is 21.5 Å². The molecule has 4 nitrogen and oxygen atoms in total. The molecule has 1 N–H and O–H groups in total. The lowest BCUT2D eigenvalue weighted by Crippen LogP contribution is -2.13. The number of aryl methyl sites for hydroxylation is 2. The molecule has 0 unspecified atom stereocenters. The summed E-state index contributed by atoms with van der Waals surface area (Å²) in [4.78, 5) is 12.4. The van der Waals surface area contributed by atoms with Crippen LogP contribution < -0.4 is 5.32 Å². The van der Waals surface area contributed by atoms with E-state index < -0.39 is 0 Å². The van der Waals surface area contributed by atoms with E-state index in [1.165, 1.54) is 0 Å². The molecule has 0 saturated carbocycles. The molecule has 0 atom stereocenters. The van der Waals surface area contributed by atoms with Crippen LogP contribution in [0.15, 0.2) is 54.9 Å². The Morgan fingerprint density at radius 1 is 1.13 bits per heavy atom. The largest absolute Gasteiger partial charge is 0.322 e.